The van der Waals surface area contributed by atoms with Crippen molar-refractivity contribution < 1.29 is 24.3 Å². The molecular formula is C22H17BrClN3O6. The molecule has 33 heavy (non-hydrogen) atoms. The zero-order valence-electron chi connectivity index (χ0n) is 17.1. The number of nitro benzene ring substituents is 1. The highest BCUT2D eigenvalue weighted by molar-refractivity contribution is 9.10. The minimum absolute atomic E-state index is 0.227. The molecule has 11 heteroatoms. The highest BCUT2D eigenvalue weighted by Gasteiger charge is 2.16. The molecule has 170 valence electrons. The van der Waals surface area contributed by atoms with Crippen LogP contribution in [-0.2, 0) is 6.61 Å². The maximum Gasteiger partial charge on any atom is 0.275 e. The van der Waals surface area contributed by atoms with Crippen molar-refractivity contribution >= 4 is 45.3 Å². The van der Waals surface area contributed by atoms with Crippen LogP contribution in [0.4, 0.5) is 5.69 Å². The summed E-state index contributed by atoms with van der Waals surface area (Å²) in [5, 5.41) is 25.1. The predicted octanol–water partition coefficient (Wildman–Crippen LogP) is 5.07. The lowest BCUT2D eigenvalue weighted by atomic mass is 10.1. The maximum absolute atomic E-state index is 12.2. The average Bonchev–Trinajstić information content (AvgIpc) is 2.79. The van der Waals surface area contributed by atoms with Crippen molar-refractivity contribution in [2.45, 2.75) is 6.61 Å². The van der Waals surface area contributed by atoms with Gasteiger partial charge in [-0.25, -0.2) is 5.43 Å². The third-order valence-electron chi connectivity index (χ3n) is 4.40. The Kier molecular flexibility index (Phi) is 7.86. The molecular weight excluding hydrogens is 518 g/mol. The number of ether oxygens (including phenoxy) is 2. The van der Waals surface area contributed by atoms with Gasteiger partial charge in [-0.3, -0.25) is 14.9 Å². The number of amides is 1. The van der Waals surface area contributed by atoms with Crippen molar-refractivity contribution in [3.63, 3.8) is 0 Å². The van der Waals surface area contributed by atoms with Crippen LogP contribution in [0.5, 0.6) is 17.2 Å². The highest BCUT2D eigenvalue weighted by atomic mass is 79.9. The molecule has 0 aromatic heterocycles. The number of nitrogens with one attached hydrogen (secondary N) is 1. The molecule has 3 aromatic carbocycles. The summed E-state index contributed by atoms with van der Waals surface area (Å²) in [7, 11) is 1.48. The third-order valence-corrected chi connectivity index (χ3v) is 5.35. The van der Waals surface area contributed by atoms with Gasteiger partial charge in [0.15, 0.2) is 11.5 Å². The van der Waals surface area contributed by atoms with E-state index in [1.807, 2.05) is 18.2 Å². The molecule has 0 unspecified atom stereocenters. The molecule has 0 aliphatic heterocycles. The number of methoxy groups -OCH3 is 1. The average molecular weight is 535 g/mol. The fraction of sp³-hybridized carbons (Fsp3) is 0.0909. The highest BCUT2D eigenvalue weighted by Crippen LogP contribution is 2.37. The Morgan fingerprint density at radius 3 is 2.73 bits per heavy atom. The summed E-state index contributed by atoms with van der Waals surface area (Å²) in [4.78, 5) is 22.5. The smallest absolute Gasteiger partial charge is 0.275 e. The quantitative estimate of drug-likeness (QED) is 0.236. The van der Waals surface area contributed by atoms with Crippen LogP contribution in [0, 0.1) is 10.1 Å². The Balaban J connectivity index is 1.73. The van der Waals surface area contributed by atoms with E-state index < -0.39 is 16.6 Å². The fourth-order valence-electron chi connectivity index (χ4n) is 2.76. The molecule has 9 nitrogen and oxygen atoms in total. The van der Waals surface area contributed by atoms with E-state index in [1.54, 1.807) is 18.2 Å². The third kappa shape index (κ3) is 5.99. The molecule has 3 aromatic rings. The van der Waals surface area contributed by atoms with Crippen molar-refractivity contribution in [3.8, 4) is 17.2 Å². The molecule has 0 aliphatic rings. The molecule has 0 radical (unpaired) electrons. The Morgan fingerprint density at radius 1 is 1.27 bits per heavy atom. The van der Waals surface area contributed by atoms with E-state index in [9.17, 15) is 20.0 Å². The van der Waals surface area contributed by atoms with Crippen LogP contribution in [-0.4, -0.2) is 29.3 Å². The second-order valence-corrected chi connectivity index (χ2v) is 7.83. The molecule has 1 amide bonds. The molecule has 0 heterocycles. The first-order valence-electron chi connectivity index (χ1n) is 9.34. The summed E-state index contributed by atoms with van der Waals surface area (Å²) in [6.45, 7) is 0.227. The van der Waals surface area contributed by atoms with Crippen LogP contribution < -0.4 is 14.9 Å². The normalized spacial score (nSPS) is 10.8. The SMILES string of the molecule is COc1cc(C=NNC(=O)c2cc([N+](=O)[O-])ccc2O)cc(Br)c1OCc1ccccc1Cl. The van der Waals surface area contributed by atoms with Gasteiger partial charge in [0.25, 0.3) is 11.6 Å². The van der Waals surface area contributed by atoms with Crippen LogP contribution in [0.15, 0.2) is 64.2 Å². The van der Waals surface area contributed by atoms with Crippen LogP contribution in [0.1, 0.15) is 21.5 Å². The number of hydrazone groups is 1. The number of rotatable bonds is 8. The first-order valence-corrected chi connectivity index (χ1v) is 10.5. The van der Waals surface area contributed by atoms with Gasteiger partial charge in [0.1, 0.15) is 12.4 Å². The molecule has 0 bridgehead atoms. The number of phenolic OH excluding ortho intramolecular Hbond substituents is 1. The number of hydrogen-bond acceptors (Lipinski definition) is 7. The number of carbonyl (C=O) groups is 1. The summed E-state index contributed by atoms with van der Waals surface area (Å²) in [6.07, 6.45) is 1.34. The van der Waals surface area contributed by atoms with Crippen molar-refractivity contribution in [1.82, 2.24) is 5.43 Å². The molecule has 0 saturated carbocycles. The molecule has 0 saturated heterocycles. The zero-order chi connectivity index (χ0) is 24.0. The Hall–Kier alpha value is -3.63. The maximum atomic E-state index is 12.2. The van der Waals surface area contributed by atoms with Gasteiger partial charge in [-0.1, -0.05) is 29.8 Å². The minimum atomic E-state index is -0.807. The first-order chi connectivity index (χ1) is 15.8. The van der Waals surface area contributed by atoms with Crippen molar-refractivity contribution in [1.29, 1.82) is 0 Å². The minimum Gasteiger partial charge on any atom is -0.507 e. The van der Waals surface area contributed by atoms with Gasteiger partial charge in [0, 0.05) is 22.7 Å². The monoisotopic (exact) mass is 533 g/mol. The Morgan fingerprint density at radius 2 is 2.03 bits per heavy atom. The van der Waals surface area contributed by atoms with Gasteiger partial charge >= 0.3 is 0 Å². The Labute approximate surface area is 201 Å². The topological polar surface area (TPSA) is 123 Å². The second kappa shape index (κ2) is 10.8. The number of phenols is 1. The molecule has 2 N–H and O–H groups in total. The number of non-ortho nitro benzene ring substituents is 1. The standard InChI is InChI=1S/C22H17BrClN3O6/c1-32-20-9-13(8-17(23)21(20)33-12-14-4-2-3-5-18(14)24)11-25-26-22(29)16-10-15(27(30)31)6-7-19(16)28/h2-11,28H,12H2,1H3,(H,26,29). The van der Waals surface area contributed by atoms with Crippen molar-refractivity contribution in [2.24, 2.45) is 5.10 Å². The summed E-state index contributed by atoms with van der Waals surface area (Å²) in [5.41, 5.74) is 2.99. The summed E-state index contributed by atoms with van der Waals surface area (Å²) in [6, 6.07) is 13.8. The van der Waals surface area contributed by atoms with Gasteiger partial charge in [-0.05, 0) is 45.8 Å². The van der Waals surface area contributed by atoms with E-state index in [1.165, 1.54) is 13.3 Å². The number of carbonyl (C=O) groups excluding carboxylic acids is 1. The van der Waals surface area contributed by atoms with E-state index in [0.29, 0.717) is 26.6 Å². The van der Waals surface area contributed by atoms with Crippen molar-refractivity contribution in [3.05, 3.63) is 90.9 Å². The lowest BCUT2D eigenvalue weighted by molar-refractivity contribution is -0.384. The zero-order valence-corrected chi connectivity index (χ0v) is 19.5. The van der Waals surface area contributed by atoms with E-state index >= 15 is 0 Å². The predicted molar refractivity (Wildman–Crippen MR) is 126 cm³/mol. The van der Waals surface area contributed by atoms with Gasteiger partial charge in [-0.2, -0.15) is 5.10 Å². The van der Waals surface area contributed by atoms with Gasteiger partial charge < -0.3 is 14.6 Å². The number of nitrogens with zero attached hydrogens (tertiary/aromatic N) is 2. The molecule has 0 spiro atoms. The number of aromatic hydroxyl groups is 1. The van der Waals surface area contributed by atoms with Gasteiger partial charge in [0.2, 0.25) is 0 Å². The summed E-state index contributed by atoms with van der Waals surface area (Å²) in [5.74, 6) is -0.337. The lowest BCUT2D eigenvalue weighted by Crippen LogP contribution is -2.18. The molecule has 0 atom stereocenters. The summed E-state index contributed by atoms with van der Waals surface area (Å²) >= 11 is 9.60. The summed E-state index contributed by atoms with van der Waals surface area (Å²) < 4.78 is 11.9. The molecule has 0 fully saturated rings. The number of hydrogen-bond donors (Lipinski definition) is 2. The van der Waals surface area contributed by atoms with Gasteiger partial charge in [0.05, 0.1) is 28.3 Å². The van der Waals surface area contributed by atoms with E-state index in [0.717, 1.165) is 23.8 Å². The largest absolute Gasteiger partial charge is 0.507 e. The van der Waals surface area contributed by atoms with Gasteiger partial charge in [-0.15, -0.1) is 0 Å². The molecule has 3 rings (SSSR count). The van der Waals surface area contributed by atoms with E-state index in [-0.39, 0.29) is 17.9 Å². The Bertz CT molecular complexity index is 1230. The van der Waals surface area contributed by atoms with Crippen LogP contribution >= 0.6 is 27.5 Å². The van der Waals surface area contributed by atoms with Crippen LogP contribution in [0.25, 0.3) is 0 Å². The van der Waals surface area contributed by atoms with Crippen molar-refractivity contribution in [2.75, 3.05) is 7.11 Å². The molecule has 0 aliphatic carbocycles. The van der Waals surface area contributed by atoms with E-state index in [4.69, 9.17) is 21.1 Å². The number of nitro groups is 1. The second-order valence-electron chi connectivity index (χ2n) is 6.57. The van der Waals surface area contributed by atoms with Crippen LogP contribution in [0.2, 0.25) is 5.02 Å². The number of benzene rings is 3. The van der Waals surface area contributed by atoms with Crippen LogP contribution in [0.3, 0.4) is 0 Å². The van der Waals surface area contributed by atoms with E-state index in [2.05, 4.69) is 26.5 Å². The lowest BCUT2D eigenvalue weighted by Gasteiger charge is -2.14. The number of halogens is 2. The fourth-order valence-corrected chi connectivity index (χ4v) is 3.53. The first kappa shape index (κ1) is 24.0.